The zero-order valence-electron chi connectivity index (χ0n) is 11.9. The van der Waals surface area contributed by atoms with Crippen molar-refractivity contribution in [3.63, 3.8) is 0 Å². The molecule has 0 unspecified atom stereocenters. The molecule has 8 heteroatoms. The van der Waals surface area contributed by atoms with E-state index in [0.717, 1.165) is 27.2 Å². The van der Waals surface area contributed by atoms with Gasteiger partial charge in [0.2, 0.25) is 5.13 Å². The van der Waals surface area contributed by atoms with E-state index >= 15 is 0 Å². The van der Waals surface area contributed by atoms with Crippen molar-refractivity contribution in [2.75, 3.05) is 19.0 Å². The number of methoxy groups -OCH3 is 1. The van der Waals surface area contributed by atoms with Gasteiger partial charge < -0.3 is 14.8 Å². The van der Waals surface area contributed by atoms with Gasteiger partial charge in [-0.05, 0) is 17.7 Å². The van der Waals surface area contributed by atoms with E-state index in [2.05, 4.69) is 15.5 Å². The average Bonchev–Trinajstić information content (AvgIpc) is 3.16. The summed E-state index contributed by atoms with van der Waals surface area (Å²) in [4.78, 5) is 11.4. The fourth-order valence-corrected chi connectivity index (χ4v) is 3.92. The molecule has 0 spiro atoms. The molecule has 3 rings (SSSR count). The van der Waals surface area contributed by atoms with Crippen molar-refractivity contribution in [1.82, 2.24) is 10.2 Å². The number of cyclic esters (lactones) is 1. The van der Waals surface area contributed by atoms with Gasteiger partial charge in [-0.25, -0.2) is 0 Å². The van der Waals surface area contributed by atoms with Crippen LogP contribution >= 0.6 is 23.1 Å². The smallest absolute Gasteiger partial charge is 0.319 e. The van der Waals surface area contributed by atoms with Gasteiger partial charge >= 0.3 is 5.97 Å². The number of ether oxygens (including phenoxy) is 2. The minimum atomic E-state index is -0.159. The van der Waals surface area contributed by atoms with Crippen molar-refractivity contribution in [2.45, 2.75) is 22.6 Å². The van der Waals surface area contributed by atoms with Crippen molar-refractivity contribution in [2.24, 2.45) is 0 Å². The first-order chi connectivity index (χ1) is 10.7. The number of benzene rings is 1. The van der Waals surface area contributed by atoms with Crippen LogP contribution in [0.25, 0.3) is 0 Å². The van der Waals surface area contributed by atoms with Crippen molar-refractivity contribution in [3.05, 3.63) is 29.8 Å². The lowest BCUT2D eigenvalue weighted by molar-refractivity contribution is -0.137. The Morgan fingerprint density at radius 3 is 2.91 bits per heavy atom. The van der Waals surface area contributed by atoms with E-state index in [1.54, 1.807) is 7.11 Å². The molecule has 1 aromatic heterocycles. The van der Waals surface area contributed by atoms with E-state index in [1.807, 2.05) is 24.3 Å². The summed E-state index contributed by atoms with van der Waals surface area (Å²) in [5.41, 5.74) is 1.13. The molecule has 1 fully saturated rings. The molecule has 0 saturated carbocycles. The number of nitrogens with zero attached hydrogens (tertiary/aromatic N) is 2. The number of thioether (sulfide) groups is 1. The summed E-state index contributed by atoms with van der Waals surface area (Å²) >= 11 is 2.87. The Labute approximate surface area is 136 Å². The van der Waals surface area contributed by atoms with Crippen LogP contribution in [-0.4, -0.2) is 35.1 Å². The van der Waals surface area contributed by atoms with Crippen LogP contribution in [0, 0.1) is 0 Å². The molecule has 0 aliphatic carbocycles. The maximum Gasteiger partial charge on any atom is 0.319 e. The fourth-order valence-electron chi connectivity index (χ4n) is 1.96. The maximum absolute atomic E-state index is 11.4. The molecule has 0 bridgehead atoms. The normalized spacial score (nSPS) is 17.3. The highest BCUT2D eigenvalue weighted by Crippen LogP contribution is 2.33. The quantitative estimate of drug-likeness (QED) is 0.812. The van der Waals surface area contributed by atoms with Crippen LogP contribution in [0.4, 0.5) is 5.13 Å². The van der Waals surface area contributed by atoms with E-state index in [9.17, 15) is 4.79 Å². The van der Waals surface area contributed by atoms with Crippen LogP contribution in [0.2, 0.25) is 0 Å². The summed E-state index contributed by atoms with van der Waals surface area (Å²) in [6.07, 6.45) is 0.734. The van der Waals surface area contributed by atoms with Gasteiger partial charge in [0, 0.05) is 13.0 Å². The first kappa shape index (κ1) is 15.1. The van der Waals surface area contributed by atoms with Gasteiger partial charge in [0.1, 0.15) is 11.0 Å². The predicted molar refractivity (Wildman–Crippen MR) is 85.5 cm³/mol. The highest BCUT2D eigenvalue weighted by atomic mass is 32.2. The predicted octanol–water partition coefficient (Wildman–Crippen LogP) is 2.57. The van der Waals surface area contributed by atoms with Gasteiger partial charge in [-0.2, -0.15) is 0 Å². The van der Waals surface area contributed by atoms with Crippen LogP contribution in [0.3, 0.4) is 0 Å². The monoisotopic (exact) mass is 337 g/mol. The minimum Gasteiger partial charge on any atom is -0.497 e. The van der Waals surface area contributed by atoms with Crippen LogP contribution < -0.4 is 10.1 Å². The Balaban J connectivity index is 1.53. The Hall–Kier alpha value is -1.80. The first-order valence-electron chi connectivity index (χ1n) is 6.78. The number of hydrogen-bond acceptors (Lipinski definition) is 8. The van der Waals surface area contributed by atoms with Gasteiger partial charge in [0.25, 0.3) is 0 Å². The maximum atomic E-state index is 11.4. The molecule has 6 nitrogen and oxygen atoms in total. The number of aromatic nitrogens is 2. The molecular weight excluding hydrogens is 322 g/mol. The second-order valence-electron chi connectivity index (χ2n) is 4.64. The summed E-state index contributed by atoms with van der Waals surface area (Å²) < 4.78 is 10.8. The highest BCUT2D eigenvalue weighted by Gasteiger charge is 2.28. The second kappa shape index (κ2) is 6.97. The summed E-state index contributed by atoms with van der Waals surface area (Å²) in [6.45, 7) is 1.16. The second-order valence-corrected chi connectivity index (χ2v) is 7.06. The molecule has 2 aromatic rings. The fraction of sp³-hybridized carbons (Fsp3) is 0.357. The van der Waals surface area contributed by atoms with Gasteiger partial charge in [-0.1, -0.05) is 35.2 Å². The Morgan fingerprint density at radius 2 is 2.23 bits per heavy atom. The van der Waals surface area contributed by atoms with E-state index in [1.165, 1.54) is 23.1 Å². The molecule has 1 atom stereocenters. The Bertz CT molecular complexity index is 645. The SMILES string of the molecule is COc1ccc(CNc2nnc(S[C@@H]3CCOC3=O)s2)cc1. The number of rotatable bonds is 6. The largest absolute Gasteiger partial charge is 0.497 e. The lowest BCUT2D eigenvalue weighted by atomic mass is 10.2. The lowest BCUT2D eigenvalue weighted by Gasteiger charge is -2.04. The van der Waals surface area contributed by atoms with Crippen LogP contribution in [0.5, 0.6) is 5.75 Å². The minimum absolute atomic E-state index is 0.151. The molecule has 0 radical (unpaired) electrons. The lowest BCUT2D eigenvalue weighted by Crippen LogP contribution is -2.08. The first-order valence-corrected chi connectivity index (χ1v) is 8.48. The van der Waals surface area contributed by atoms with Crippen LogP contribution in [-0.2, 0) is 16.1 Å². The number of nitrogens with one attached hydrogen (secondary N) is 1. The third-order valence-electron chi connectivity index (χ3n) is 3.14. The van der Waals surface area contributed by atoms with Crippen molar-refractivity contribution >= 4 is 34.2 Å². The molecule has 1 saturated heterocycles. The van der Waals surface area contributed by atoms with Gasteiger partial charge in [-0.3, -0.25) is 4.79 Å². The molecule has 22 heavy (non-hydrogen) atoms. The molecule has 116 valence electrons. The average molecular weight is 337 g/mol. The number of carbonyl (C=O) groups excluding carboxylic acids is 1. The Kier molecular flexibility index (Phi) is 4.79. The molecule has 2 heterocycles. The van der Waals surface area contributed by atoms with Gasteiger partial charge in [0.15, 0.2) is 4.34 Å². The zero-order valence-corrected chi connectivity index (χ0v) is 13.6. The van der Waals surface area contributed by atoms with E-state index in [0.29, 0.717) is 13.2 Å². The Morgan fingerprint density at radius 1 is 1.41 bits per heavy atom. The van der Waals surface area contributed by atoms with Crippen molar-refractivity contribution in [3.8, 4) is 5.75 Å². The number of carbonyl (C=O) groups is 1. The van der Waals surface area contributed by atoms with Crippen molar-refractivity contribution < 1.29 is 14.3 Å². The molecule has 0 amide bonds. The standard InChI is InChI=1S/C14H15N3O3S2/c1-19-10-4-2-9(3-5-10)8-15-13-16-17-14(22-13)21-11-6-7-20-12(11)18/h2-5,11H,6-8H2,1H3,(H,15,16)/t11-/m1/s1. The zero-order chi connectivity index (χ0) is 15.4. The number of hydrogen-bond donors (Lipinski definition) is 1. The molecule has 1 aliphatic rings. The third-order valence-corrected chi connectivity index (χ3v) is 5.35. The molecule has 1 aromatic carbocycles. The summed E-state index contributed by atoms with van der Waals surface area (Å²) in [5, 5.41) is 12.0. The number of esters is 1. The molecular formula is C14H15N3O3S2. The highest BCUT2D eigenvalue weighted by molar-refractivity contribution is 8.02. The van der Waals surface area contributed by atoms with E-state index in [-0.39, 0.29) is 11.2 Å². The van der Waals surface area contributed by atoms with Gasteiger partial charge in [0.05, 0.1) is 13.7 Å². The summed E-state index contributed by atoms with van der Waals surface area (Å²) in [5.74, 6) is 0.676. The van der Waals surface area contributed by atoms with Crippen LogP contribution in [0.1, 0.15) is 12.0 Å². The summed E-state index contributed by atoms with van der Waals surface area (Å²) in [7, 11) is 1.65. The molecule has 1 aliphatic heterocycles. The topological polar surface area (TPSA) is 73.3 Å². The molecule has 1 N–H and O–H groups in total. The van der Waals surface area contributed by atoms with E-state index < -0.39 is 0 Å². The van der Waals surface area contributed by atoms with Crippen molar-refractivity contribution in [1.29, 1.82) is 0 Å². The van der Waals surface area contributed by atoms with Gasteiger partial charge in [-0.15, -0.1) is 10.2 Å². The summed E-state index contributed by atoms with van der Waals surface area (Å²) in [6, 6.07) is 7.84. The third kappa shape index (κ3) is 3.69. The van der Waals surface area contributed by atoms with E-state index in [4.69, 9.17) is 9.47 Å². The number of anilines is 1. The van der Waals surface area contributed by atoms with Crippen LogP contribution in [0.15, 0.2) is 28.6 Å².